The number of nitrogens with one attached hydrogen (secondary N) is 1. The molecule has 1 amide bonds. The molecule has 0 spiro atoms. The average molecular weight is 463 g/mol. The van der Waals surface area contributed by atoms with Crippen LogP contribution >= 0.6 is 39.1 Å². The smallest absolute Gasteiger partial charge is 0.310 e. The highest BCUT2D eigenvalue weighted by Crippen LogP contribution is 2.60. The fraction of sp³-hybridized carbons (Fsp3) is 0.471. The summed E-state index contributed by atoms with van der Waals surface area (Å²) < 4.78 is 10.5. The van der Waals surface area contributed by atoms with Gasteiger partial charge in [0.1, 0.15) is 6.10 Å². The molecule has 2 saturated carbocycles. The molecule has 1 N–H and O–H groups in total. The Bertz CT molecular complexity index is 803. The second-order valence-electron chi connectivity index (χ2n) is 6.74. The predicted octanol–water partition coefficient (Wildman–Crippen LogP) is 3.05. The molecule has 4 rings (SSSR count). The Balaban J connectivity index is 1.37. The van der Waals surface area contributed by atoms with Crippen molar-refractivity contribution < 1.29 is 23.9 Å². The van der Waals surface area contributed by atoms with Gasteiger partial charge >= 0.3 is 11.9 Å². The highest BCUT2D eigenvalue weighted by Gasteiger charge is 2.68. The number of ether oxygens (including phenoxy) is 2. The van der Waals surface area contributed by atoms with Gasteiger partial charge in [0.05, 0.1) is 27.4 Å². The first-order valence-corrected chi connectivity index (χ1v) is 9.80. The molecule has 6 atom stereocenters. The first-order valence-electron chi connectivity index (χ1n) is 8.13. The zero-order chi connectivity index (χ0) is 18.6. The van der Waals surface area contributed by atoms with E-state index in [0.29, 0.717) is 10.7 Å². The largest absolute Gasteiger partial charge is 0.461 e. The maximum absolute atomic E-state index is 12.5. The SMILES string of the molecule is O=C(COC(=O)[C@@H]1[C@H]2C[C@H]3[C@H](OC(=O)[C@@H]31)[C@H]2Br)Nc1ccc(Cl)cc1Cl. The van der Waals surface area contributed by atoms with Gasteiger partial charge in [-0.3, -0.25) is 14.4 Å². The van der Waals surface area contributed by atoms with Crippen LogP contribution in [0, 0.1) is 23.7 Å². The molecule has 2 aliphatic carbocycles. The van der Waals surface area contributed by atoms with Crippen molar-refractivity contribution in [2.75, 3.05) is 11.9 Å². The number of halogens is 3. The van der Waals surface area contributed by atoms with Crippen LogP contribution in [0.5, 0.6) is 0 Å². The normalized spacial score (nSPS) is 33.9. The molecule has 1 aromatic carbocycles. The monoisotopic (exact) mass is 461 g/mol. The number of carbonyl (C=O) groups is 3. The molecule has 2 bridgehead atoms. The Labute approximate surface area is 167 Å². The van der Waals surface area contributed by atoms with Crippen LogP contribution in [0.25, 0.3) is 0 Å². The minimum absolute atomic E-state index is 0.0114. The van der Waals surface area contributed by atoms with E-state index in [2.05, 4.69) is 21.2 Å². The summed E-state index contributed by atoms with van der Waals surface area (Å²) >= 11 is 15.3. The lowest BCUT2D eigenvalue weighted by Gasteiger charge is -2.26. The third-order valence-corrected chi connectivity index (χ3v) is 7.09. The maximum Gasteiger partial charge on any atom is 0.310 e. The molecule has 9 heteroatoms. The number of alkyl halides is 1. The van der Waals surface area contributed by atoms with Crippen molar-refractivity contribution in [1.29, 1.82) is 0 Å². The summed E-state index contributed by atoms with van der Waals surface area (Å²) in [7, 11) is 0. The molecule has 3 fully saturated rings. The van der Waals surface area contributed by atoms with Gasteiger partial charge in [-0.2, -0.15) is 0 Å². The van der Waals surface area contributed by atoms with Crippen molar-refractivity contribution in [2.45, 2.75) is 17.4 Å². The maximum atomic E-state index is 12.5. The summed E-state index contributed by atoms with van der Waals surface area (Å²) in [5.41, 5.74) is 0.375. The third kappa shape index (κ3) is 2.90. The molecule has 26 heavy (non-hydrogen) atoms. The number of amides is 1. The second kappa shape index (κ2) is 6.69. The lowest BCUT2D eigenvalue weighted by atomic mass is 9.80. The number of fused-ring (bicyclic) bond motifs is 1. The molecule has 1 saturated heterocycles. The number of rotatable bonds is 4. The van der Waals surface area contributed by atoms with Gasteiger partial charge in [0.25, 0.3) is 5.91 Å². The highest BCUT2D eigenvalue weighted by molar-refractivity contribution is 9.09. The summed E-state index contributed by atoms with van der Waals surface area (Å²) in [6.07, 6.45) is 0.598. The van der Waals surface area contributed by atoms with Crippen LogP contribution in [0.4, 0.5) is 5.69 Å². The number of hydrogen-bond donors (Lipinski definition) is 1. The van der Waals surface area contributed by atoms with E-state index >= 15 is 0 Å². The predicted molar refractivity (Wildman–Crippen MR) is 97.2 cm³/mol. The number of anilines is 1. The fourth-order valence-corrected chi connectivity index (χ4v) is 5.80. The molecule has 1 aromatic rings. The van der Waals surface area contributed by atoms with Gasteiger partial charge in [0, 0.05) is 10.9 Å². The van der Waals surface area contributed by atoms with Gasteiger partial charge in [-0.15, -0.1) is 0 Å². The summed E-state index contributed by atoms with van der Waals surface area (Å²) in [6, 6.07) is 4.64. The molecule has 6 nitrogen and oxygen atoms in total. The van der Waals surface area contributed by atoms with E-state index in [1.807, 2.05) is 0 Å². The zero-order valence-electron chi connectivity index (χ0n) is 13.3. The topological polar surface area (TPSA) is 81.7 Å². The molecule has 0 radical (unpaired) electrons. The Kier molecular flexibility index (Phi) is 4.65. The van der Waals surface area contributed by atoms with Crippen LogP contribution in [-0.2, 0) is 23.9 Å². The van der Waals surface area contributed by atoms with E-state index in [-0.39, 0.29) is 33.8 Å². The Morgan fingerprint density at radius 2 is 2.08 bits per heavy atom. The quantitative estimate of drug-likeness (QED) is 0.549. The molecule has 0 aromatic heterocycles. The summed E-state index contributed by atoms with van der Waals surface area (Å²) in [4.78, 5) is 36.5. The zero-order valence-corrected chi connectivity index (χ0v) is 16.4. The van der Waals surface area contributed by atoms with E-state index in [1.165, 1.54) is 6.07 Å². The number of benzene rings is 1. The van der Waals surface area contributed by atoms with E-state index < -0.39 is 30.3 Å². The van der Waals surface area contributed by atoms with E-state index in [0.717, 1.165) is 6.42 Å². The minimum Gasteiger partial charge on any atom is -0.461 e. The van der Waals surface area contributed by atoms with E-state index in [9.17, 15) is 14.4 Å². The molecule has 1 aliphatic heterocycles. The van der Waals surface area contributed by atoms with Crippen molar-refractivity contribution in [2.24, 2.45) is 23.7 Å². The fourth-order valence-electron chi connectivity index (χ4n) is 4.30. The Hall–Kier alpha value is -1.31. The standard InChI is InChI=1S/C17H14BrCl2NO5/c18-14-7-4-8-13(17(24)26-15(8)14)12(7)16(23)25-5-11(22)21-10-2-1-6(19)3-9(10)20/h1-3,7-8,12-15H,4-5H2,(H,21,22)/t7-,8-,12-,13+,14+,15+/m1/s1. The lowest BCUT2D eigenvalue weighted by Crippen LogP contribution is -2.39. The summed E-state index contributed by atoms with van der Waals surface area (Å²) in [6.45, 7) is -0.455. The van der Waals surface area contributed by atoms with Crippen LogP contribution < -0.4 is 5.32 Å². The Morgan fingerprint density at radius 3 is 2.81 bits per heavy atom. The van der Waals surface area contributed by atoms with Gasteiger partial charge in [0.2, 0.25) is 0 Å². The summed E-state index contributed by atoms with van der Waals surface area (Å²) in [5, 5.41) is 3.29. The van der Waals surface area contributed by atoms with E-state index in [1.54, 1.807) is 12.1 Å². The molecule has 1 heterocycles. The molecule has 138 valence electrons. The van der Waals surface area contributed by atoms with Gasteiger partial charge in [0.15, 0.2) is 6.61 Å². The van der Waals surface area contributed by atoms with Crippen LogP contribution in [0.15, 0.2) is 18.2 Å². The van der Waals surface area contributed by atoms with Crippen molar-refractivity contribution in [1.82, 2.24) is 0 Å². The molecular weight excluding hydrogens is 449 g/mol. The minimum atomic E-state index is -0.567. The first kappa shape index (κ1) is 18.1. The summed E-state index contributed by atoms with van der Waals surface area (Å²) in [5.74, 6) is -2.39. The van der Waals surface area contributed by atoms with Crippen LogP contribution in [0.1, 0.15) is 6.42 Å². The first-order chi connectivity index (χ1) is 12.4. The van der Waals surface area contributed by atoms with Crippen LogP contribution in [0.3, 0.4) is 0 Å². The third-order valence-electron chi connectivity index (χ3n) is 5.35. The highest BCUT2D eigenvalue weighted by atomic mass is 79.9. The lowest BCUT2D eigenvalue weighted by molar-refractivity contribution is -0.157. The van der Waals surface area contributed by atoms with Gasteiger partial charge < -0.3 is 14.8 Å². The molecule has 3 aliphatic rings. The van der Waals surface area contributed by atoms with Gasteiger partial charge in [-0.05, 0) is 30.5 Å². The molecular formula is C17H14BrCl2NO5. The van der Waals surface area contributed by atoms with Gasteiger partial charge in [-0.1, -0.05) is 39.1 Å². The Morgan fingerprint density at radius 1 is 1.31 bits per heavy atom. The van der Waals surface area contributed by atoms with Crippen LogP contribution in [0.2, 0.25) is 10.0 Å². The number of carbonyl (C=O) groups excluding carboxylic acids is 3. The van der Waals surface area contributed by atoms with E-state index in [4.69, 9.17) is 32.7 Å². The van der Waals surface area contributed by atoms with Crippen LogP contribution in [-0.4, -0.2) is 35.4 Å². The molecule has 0 unspecified atom stereocenters. The van der Waals surface area contributed by atoms with Crippen molar-refractivity contribution >= 4 is 62.7 Å². The van der Waals surface area contributed by atoms with Crippen molar-refractivity contribution in [3.05, 3.63) is 28.2 Å². The van der Waals surface area contributed by atoms with Gasteiger partial charge in [-0.25, -0.2) is 0 Å². The second-order valence-corrected chi connectivity index (χ2v) is 8.64. The number of hydrogen-bond acceptors (Lipinski definition) is 5. The van der Waals surface area contributed by atoms with Crippen molar-refractivity contribution in [3.8, 4) is 0 Å². The average Bonchev–Trinajstić information content (AvgIpc) is 3.19. The van der Waals surface area contributed by atoms with Crippen molar-refractivity contribution in [3.63, 3.8) is 0 Å². The number of esters is 2.